The van der Waals surface area contributed by atoms with Gasteiger partial charge in [0.05, 0.1) is 28.3 Å². The first-order valence-electron chi connectivity index (χ1n) is 9.66. The minimum absolute atomic E-state index is 0.0426. The van der Waals surface area contributed by atoms with Crippen LogP contribution in [0.2, 0.25) is 5.02 Å². The van der Waals surface area contributed by atoms with E-state index in [1.54, 1.807) is 30.5 Å². The second-order valence-electron chi connectivity index (χ2n) is 7.19. The molecule has 8 heteroatoms. The average Bonchev–Trinajstić information content (AvgIpc) is 2.75. The average molecular weight is 434 g/mol. The number of rotatable bonds is 4. The van der Waals surface area contributed by atoms with E-state index in [4.69, 9.17) is 17.3 Å². The van der Waals surface area contributed by atoms with Gasteiger partial charge in [-0.25, -0.2) is 9.97 Å². The number of nitrogens with two attached hydrogens (primary N) is 1. The van der Waals surface area contributed by atoms with Gasteiger partial charge >= 0.3 is 0 Å². The number of nitrogens with zero attached hydrogens (tertiary/aromatic N) is 3. The van der Waals surface area contributed by atoms with Crippen LogP contribution in [-0.4, -0.2) is 20.4 Å². The Morgan fingerprint density at radius 3 is 2.65 bits per heavy atom. The van der Waals surface area contributed by atoms with Crippen molar-refractivity contribution in [3.05, 3.63) is 93.3 Å². The Labute approximate surface area is 183 Å². The van der Waals surface area contributed by atoms with Crippen LogP contribution in [0.4, 0.5) is 5.82 Å². The van der Waals surface area contributed by atoms with Crippen molar-refractivity contribution in [3.8, 4) is 5.69 Å². The summed E-state index contributed by atoms with van der Waals surface area (Å²) in [5.41, 5.74) is 7.46. The van der Waals surface area contributed by atoms with Crippen LogP contribution in [0.15, 0.2) is 65.6 Å². The van der Waals surface area contributed by atoms with Crippen LogP contribution in [0.1, 0.15) is 34.8 Å². The summed E-state index contributed by atoms with van der Waals surface area (Å²) < 4.78 is 1.56. The zero-order valence-corrected chi connectivity index (χ0v) is 17.7. The minimum atomic E-state index is -0.537. The number of carbonyl (C=O) groups excluding carboxylic acids is 1. The number of anilines is 1. The molecule has 0 radical (unpaired) electrons. The van der Waals surface area contributed by atoms with E-state index in [2.05, 4.69) is 15.3 Å². The maximum atomic E-state index is 13.5. The normalized spacial score (nSPS) is 12.0. The molecule has 4 aromatic rings. The molecule has 0 saturated heterocycles. The molecule has 31 heavy (non-hydrogen) atoms. The van der Waals surface area contributed by atoms with Crippen LogP contribution in [-0.2, 0) is 0 Å². The first-order chi connectivity index (χ1) is 14.9. The van der Waals surface area contributed by atoms with Crippen molar-refractivity contribution in [1.82, 2.24) is 19.9 Å². The monoisotopic (exact) mass is 433 g/mol. The number of nitrogen functional groups attached to an aromatic ring is 1. The van der Waals surface area contributed by atoms with Crippen molar-refractivity contribution in [2.24, 2.45) is 0 Å². The highest BCUT2D eigenvalue weighted by Gasteiger charge is 2.21. The topological polar surface area (TPSA) is 103 Å². The fourth-order valence-electron chi connectivity index (χ4n) is 3.49. The summed E-state index contributed by atoms with van der Waals surface area (Å²) in [7, 11) is 0. The first kappa shape index (κ1) is 20.6. The van der Waals surface area contributed by atoms with Gasteiger partial charge in [0.15, 0.2) is 11.5 Å². The SMILES string of the molecule is Cc1cnc(N)c(C(=O)N[C@@H](C)c2cc3cccc(Cl)c3c(=O)n2-c2ccccc2)n1. The number of hydrogen-bond donors (Lipinski definition) is 2. The molecule has 0 aliphatic rings. The summed E-state index contributed by atoms with van der Waals surface area (Å²) in [6.45, 7) is 3.52. The standard InChI is InChI=1S/C23H20ClN5O2/c1-13-12-26-21(25)20(27-13)22(30)28-14(2)18-11-15-7-6-10-17(24)19(15)23(31)29(18)16-8-4-3-5-9-16/h3-12,14H,1-2H3,(H2,25,26)(H,28,30)/t14-/m0/s1. The molecule has 3 N–H and O–H groups in total. The number of halogens is 1. The molecule has 0 unspecified atom stereocenters. The highest BCUT2D eigenvalue weighted by atomic mass is 35.5. The summed E-state index contributed by atoms with van der Waals surface area (Å²) >= 11 is 6.34. The molecule has 4 rings (SSSR count). The Hall–Kier alpha value is -3.71. The van der Waals surface area contributed by atoms with Gasteiger partial charge in [-0.1, -0.05) is 41.9 Å². The van der Waals surface area contributed by atoms with Crippen molar-refractivity contribution < 1.29 is 4.79 Å². The molecule has 7 nitrogen and oxygen atoms in total. The van der Waals surface area contributed by atoms with Crippen LogP contribution in [0.5, 0.6) is 0 Å². The van der Waals surface area contributed by atoms with Crippen molar-refractivity contribution in [2.75, 3.05) is 5.73 Å². The number of fused-ring (bicyclic) bond motifs is 1. The molecular weight excluding hydrogens is 414 g/mol. The number of aromatic nitrogens is 3. The van der Waals surface area contributed by atoms with Gasteiger partial charge in [-0.15, -0.1) is 0 Å². The summed E-state index contributed by atoms with van der Waals surface area (Å²) in [5.74, 6) is -0.430. The van der Waals surface area contributed by atoms with Crippen LogP contribution >= 0.6 is 11.6 Å². The van der Waals surface area contributed by atoms with Crippen molar-refractivity contribution in [2.45, 2.75) is 19.9 Å². The van der Waals surface area contributed by atoms with Crippen LogP contribution in [0.3, 0.4) is 0 Å². The second-order valence-corrected chi connectivity index (χ2v) is 7.60. The molecule has 0 bridgehead atoms. The Kier molecular flexibility index (Phi) is 5.44. The van der Waals surface area contributed by atoms with Crippen LogP contribution < -0.4 is 16.6 Å². The van der Waals surface area contributed by atoms with E-state index in [9.17, 15) is 9.59 Å². The predicted octanol–water partition coefficient (Wildman–Crippen LogP) is 3.82. The van der Waals surface area contributed by atoms with Gasteiger partial charge in [-0.05, 0) is 43.5 Å². The molecule has 2 aromatic carbocycles. The van der Waals surface area contributed by atoms with Gasteiger partial charge in [-0.2, -0.15) is 0 Å². The number of para-hydroxylation sites is 1. The van der Waals surface area contributed by atoms with Crippen LogP contribution in [0.25, 0.3) is 16.5 Å². The maximum absolute atomic E-state index is 13.5. The van der Waals surface area contributed by atoms with E-state index in [-0.39, 0.29) is 17.1 Å². The third kappa shape index (κ3) is 3.87. The maximum Gasteiger partial charge on any atom is 0.274 e. The number of aryl methyl sites for hydroxylation is 1. The number of hydrogen-bond acceptors (Lipinski definition) is 5. The Morgan fingerprint density at radius 1 is 1.16 bits per heavy atom. The number of pyridine rings is 1. The fourth-order valence-corrected chi connectivity index (χ4v) is 3.76. The lowest BCUT2D eigenvalue weighted by atomic mass is 10.1. The van der Waals surface area contributed by atoms with Crippen LogP contribution in [0, 0.1) is 6.92 Å². The molecule has 1 amide bonds. The van der Waals surface area contributed by atoms with Crippen molar-refractivity contribution >= 4 is 34.1 Å². The molecule has 0 spiro atoms. The molecule has 2 aromatic heterocycles. The van der Waals surface area contributed by atoms with Gasteiger partial charge in [0.2, 0.25) is 0 Å². The van der Waals surface area contributed by atoms with Gasteiger partial charge in [0.25, 0.3) is 11.5 Å². The summed E-state index contributed by atoms with van der Waals surface area (Å²) in [4.78, 5) is 34.5. The smallest absolute Gasteiger partial charge is 0.274 e. The van der Waals surface area contributed by atoms with Crippen molar-refractivity contribution in [1.29, 1.82) is 0 Å². The van der Waals surface area contributed by atoms with E-state index in [1.807, 2.05) is 42.5 Å². The number of carbonyl (C=O) groups is 1. The number of amides is 1. The van der Waals surface area contributed by atoms with Gasteiger partial charge in [0, 0.05) is 11.4 Å². The lowest BCUT2D eigenvalue weighted by Crippen LogP contribution is -2.33. The third-order valence-electron chi connectivity index (χ3n) is 4.97. The molecule has 0 saturated carbocycles. The van der Waals surface area contributed by atoms with E-state index in [0.717, 1.165) is 0 Å². The summed E-state index contributed by atoms with van der Waals surface area (Å²) in [6, 6.07) is 15.8. The largest absolute Gasteiger partial charge is 0.382 e. The highest BCUT2D eigenvalue weighted by molar-refractivity contribution is 6.35. The molecule has 156 valence electrons. The predicted molar refractivity (Wildman–Crippen MR) is 122 cm³/mol. The molecule has 1 atom stereocenters. The lowest BCUT2D eigenvalue weighted by molar-refractivity contribution is 0.0934. The first-order valence-corrected chi connectivity index (χ1v) is 10.0. The minimum Gasteiger partial charge on any atom is -0.382 e. The Balaban J connectivity index is 1.85. The Morgan fingerprint density at radius 2 is 1.90 bits per heavy atom. The summed E-state index contributed by atoms with van der Waals surface area (Å²) in [6.07, 6.45) is 1.50. The number of benzene rings is 2. The second kappa shape index (κ2) is 8.20. The quantitative estimate of drug-likeness (QED) is 0.509. The lowest BCUT2D eigenvalue weighted by Gasteiger charge is -2.21. The zero-order chi connectivity index (χ0) is 22.1. The van der Waals surface area contributed by atoms with Gasteiger partial charge < -0.3 is 11.1 Å². The highest BCUT2D eigenvalue weighted by Crippen LogP contribution is 2.25. The molecule has 2 heterocycles. The molecule has 0 aliphatic carbocycles. The van der Waals surface area contributed by atoms with Gasteiger partial charge in [-0.3, -0.25) is 14.2 Å². The Bertz CT molecular complexity index is 1350. The molecule has 0 fully saturated rings. The number of nitrogens with one attached hydrogen (secondary N) is 1. The van der Waals surface area contributed by atoms with E-state index >= 15 is 0 Å². The van der Waals surface area contributed by atoms with Gasteiger partial charge in [0.1, 0.15) is 0 Å². The molecule has 0 aliphatic heterocycles. The fraction of sp³-hybridized carbons (Fsp3) is 0.130. The molecular formula is C23H20ClN5O2. The van der Waals surface area contributed by atoms with E-state index < -0.39 is 11.9 Å². The van der Waals surface area contributed by atoms with E-state index in [1.165, 1.54) is 6.20 Å². The zero-order valence-electron chi connectivity index (χ0n) is 17.0. The summed E-state index contributed by atoms with van der Waals surface area (Å²) in [5, 5.41) is 4.37. The third-order valence-corrected chi connectivity index (χ3v) is 5.28. The van der Waals surface area contributed by atoms with E-state index in [0.29, 0.717) is 32.9 Å². The van der Waals surface area contributed by atoms with Crippen molar-refractivity contribution in [3.63, 3.8) is 0 Å².